The number of fused-ring (bicyclic) bond motifs is 3. The third-order valence-electron chi connectivity index (χ3n) is 6.78. The molecule has 4 rings (SSSR count). The van der Waals surface area contributed by atoms with Crippen LogP contribution in [-0.4, -0.2) is 60.5 Å². The minimum atomic E-state index is -2.66. The molecule has 0 radical (unpaired) electrons. The number of phenols is 1. The number of carbonyl (C=O) groups is 5. The van der Waals surface area contributed by atoms with Crippen molar-refractivity contribution in [2.45, 2.75) is 37.7 Å². The first-order chi connectivity index (χ1) is 16.4. The Hall–Kier alpha value is -4.19. The number of nitrogens with two attached hydrogens (primary N) is 1. The molecule has 35 heavy (non-hydrogen) atoms. The Morgan fingerprint density at radius 2 is 1.77 bits per heavy atom. The normalized spacial score (nSPS) is 25.5. The summed E-state index contributed by atoms with van der Waals surface area (Å²) in [5.41, 5.74) is 1.44. The molecule has 12 heteroatoms. The lowest BCUT2D eigenvalue weighted by Crippen LogP contribution is -2.58. The molecule has 0 bridgehead atoms. The van der Waals surface area contributed by atoms with Crippen LogP contribution >= 0.6 is 0 Å². The van der Waals surface area contributed by atoms with E-state index in [-0.39, 0.29) is 36.1 Å². The Morgan fingerprint density at radius 1 is 1.09 bits per heavy atom. The Balaban J connectivity index is 1.77. The standard InChI is InChI=1S/C23H22N2O10/c24-22(34)17-12(26)7-10-6-9-5-8-1-2-11(25-13(27)3-4-14(28)29)18(30)15(8)19(31)16(9)20(32)23(10,35)21(17)33/h1-2,9-10,30-31,33,35H,3-7H2,(H2,24,34)(H,25,27)(H,28,29)/t9-,10-,23-/m0/s1. The van der Waals surface area contributed by atoms with Crippen LogP contribution in [-0.2, 0) is 30.4 Å². The van der Waals surface area contributed by atoms with Crippen molar-refractivity contribution in [2.24, 2.45) is 17.6 Å². The van der Waals surface area contributed by atoms with Gasteiger partial charge in [-0.15, -0.1) is 0 Å². The average molecular weight is 486 g/mol. The molecule has 3 aliphatic rings. The highest BCUT2D eigenvalue weighted by Gasteiger charge is 2.60. The molecule has 3 aliphatic carbocycles. The summed E-state index contributed by atoms with van der Waals surface area (Å²) >= 11 is 0. The number of carboxylic acids is 1. The van der Waals surface area contributed by atoms with Gasteiger partial charge in [0.1, 0.15) is 22.8 Å². The Morgan fingerprint density at radius 3 is 2.40 bits per heavy atom. The van der Waals surface area contributed by atoms with Gasteiger partial charge in [-0.2, -0.15) is 0 Å². The number of carbonyl (C=O) groups excluding carboxylic acids is 4. The lowest BCUT2D eigenvalue weighted by Gasteiger charge is -2.46. The van der Waals surface area contributed by atoms with Crippen molar-refractivity contribution in [3.05, 3.63) is 40.2 Å². The molecule has 1 fully saturated rings. The zero-order valence-corrected chi connectivity index (χ0v) is 18.2. The van der Waals surface area contributed by atoms with Gasteiger partial charge in [0.05, 0.1) is 17.7 Å². The fraction of sp³-hybridized carbons (Fsp3) is 0.348. The number of primary amides is 1. The smallest absolute Gasteiger partial charge is 0.303 e. The number of aliphatic hydroxyl groups excluding tert-OH is 2. The number of aliphatic carboxylic acids is 1. The van der Waals surface area contributed by atoms with E-state index in [2.05, 4.69) is 5.32 Å². The van der Waals surface area contributed by atoms with Gasteiger partial charge in [0, 0.05) is 24.3 Å². The van der Waals surface area contributed by atoms with Crippen molar-refractivity contribution in [3.63, 3.8) is 0 Å². The van der Waals surface area contributed by atoms with Gasteiger partial charge in [-0.25, -0.2) is 0 Å². The van der Waals surface area contributed by atoms with Crippen molar-refractivity contribution >= 4 is 40.8 Å². The van der Waals surface area contributed by atoms with Crippen molar-refractivity contribution in [1.82, 2.24) is 0 Å². The quantitative estimate of drug-likeness (QED) is 0.221. The average Bonchev–Trinajstić information content (AvgIpc) is 2.76. The van der Waals surface area contributed by atoms with E-state index in [0.717, 1.165) is 0 Å². The Labute approximate surface area is 197 Å². The number of carboxylic acid groups (broad SMARTS) is 1. The van der Waals surface area contributed by atoms with E-state index in [1.54, 1.807) is 0 Å². The number of Topliss-reactive ketones (excluding diaryl/α,β-unsaturated/α-hetero) is 2. The molecule has 0 saturated heterocycles. The molecular formula is C23H22N2O10. The summed E-state index contributed by atoms with van der Waals surface area (Å²) in [6.45, 7) is 0. The van der Waals surface area contributed by atoms with Crippen LogP contribution in [0.3, 0.4) is 0 Å². The Bertz CT molecular complexity index is 1280. The second-order valence-electron chi connectivity index (χ2n) is 8.84. The van der Waals surface area contributed by atoms with E-state index in [0.29, 0.717) is 5.56 Å². The van der Waals surface area contributed by atoms with E-state index in [1.165, 1.54) is 12.1 Å². The third-order valence-corrected chi connectivity index (χ3v) is 6.78. The number of ketones is 2. The number of rotatable bonds is 5. The molecule has 0 spiro atoms. The highest BCUT2D eigenvalue weighted by atomic mass is 16.4. The van der Waals surface area contributed by atoms with Gasteiger partial charge in [0.25, 0.3) is 5.91 Å². The maximum Gasteiger partial charge on any atom is 0.303 e. The lowest BCUT2D eigenvalue weighted by atomic mass is 9.59. The van der Waals surface area contributed by atoms with Crippen LogP contribution in [0.1, 0.15) is 36.8 Å². The first-order valence-corrected chi connectivity index (χ1v) is 10.7. The fourth-order valence-corrected chi connectivity index (χ4v) is 5.13. The number of anilines is 1. The lowest BCUT2D eigenvalue weighted by molar-refractivity contribution is -0.147. The van der Waals surface area contributed by atoms with E-state index < -0.39 is 82.5 Å². The molecule has 1 saturated carbocycles. The SMILES string of the molecule is NC(=O)C1=C(O)[C@@]2(O)C(=O)C3=C(O)c4c(ccc(NC(=O)CCC(=O)O)c4O)C[C@H]3C[C@H]2CC1=O. The van der Waals surface area contributed by atoms with Crippen molar-refractivity contribution < 1.29 is 49.5 Å². The summed E-state index contributed by atoms with van der Waals surface area (Å²) in [6.07, 6.45) is -1.06. The van der Waals surface area contributed by atoms with Crippen LogP contribution in [0.15, 0.2) is 29.0 Å². The topological polar surface area (TPSA) is 225 Å². The molecule has 0 heterocycles. The first kappa shape index (κ1) is 24.0. The number of amides is 2. The summed E-state index contributed by atoms with van der Waals surface area (Å²) < 4.78 is 0. The minimum absolute atomic E-state index is 0.0113. The molecule has 0 aliphatic heterocycles. The maximum absolute atomic E-state index is 13.4. The van der Waals surface area contributed by atoms with Gasteiger partial charge >= 0.3 is 5.97 Å². The summed E-state index contributed by atoms with van der Waals surface area (Å²) in [5, 5.41) is 54.5. The molecule has 8 N–H and O–H groups in total. The van der Waals surface area contributed by atoms with Crippen molar-refractivity contribution in [2.75, 3.05) is 5.32 Å². The summed E-state index contributed by atoms with van der Waals surface area (Å²) in [4.78, 5) is 60.1. The Kier molecular flexibility index (Phi) is 5.64. The van der Waals surface area contributed by atoms with E-state index in [4.69, 9.17) is 10.8 Å². The molecule has 1 aromatic rings. The van der Waals surface area contributed by atoms with Gasteiger partial charge in [-0.3, -0.25) is 24.0 Å². The molecule has 184 valence electrons. The van der Waals surface area contributed by atoms with Crippen LogP contribution in [0.25, 0.3) is 5.76 Å². The largest absolute Gasteiger partial charge is 0.508 e. The van der Waals surface area contributed by atoms with Crippen LogP contribution in [0.5, 0.6) is 5.75 Å². The predicted octanol–water partition coefficient (Wildman–Crippen LogP) is 0.227. The van der Waals surface area contributed by atoms with E-state index >= 15 is 0 Å². The van der Waals surface area contributed by atoms with Gasteiger partial charge in [0.15, 0.2) is 11.4 Å². The summed E-state index contributed by atoms with van der Waals surface area (Å²) in [7, 11) is 0. The molecule has 0 unspecified atom stereocenters. The van der Waals surface area contributed by atoms with Crippen LogP contribution in [0.4, 0.5) is 5.69 Å². The second-order valence-corrected chi connectivity index (χ2v) is 8.84. The van der Waals surface area contributed by atoms with Crippen molar-refractivity contribution in [3.8, 4) is 5.75 Å². The minimum Gasteiger partial charge on any atom is -0.508 e. The number of aromatic hydroxyl groups is 1. The van der Waals surface area contributed by atoms with Crippen molar-refractivity contribution in [1.29, 1.82) is 0 Å². The second kappa shape index (κ2) is 8.24. The summed E-state index contributed by atoms with van der Waals surface area (Å²) in [6, 6.07) is 2.87. The number of phenolic OH excluding ortho intramolecular Hbond substituents is 1. The number of nitrogens with one attached hydrogen (secondary N) is 1. The number of aliphatic hydroxyl groups is 3. The zero-order chi connectivity index (χ0) is 25.8. The molecular weight excluding hydrogens is 464 g/mol. The van der Waals surface area contributed by atoms with Crippen LogP contribution in [0.2, 0.25) is 0 Å². The molecule has 0 aromatic heterocycles. The monoisotopic (exact) mass is 486 g/mol. The molecule has 3 atom stereocenters. The molecule has 1 aromatic carbocycles. The molecule has 2 amide bonds. The maximum atomic E-state index is 13.4. The first-order valence-electron chi connectivity index (χ1n) is 10.7. The van der Waals surface area contributed by atoms with Crippen LogP contribution < -0.4 is 11.1 Å². The number of benzene rings is 1. The predicted molar refractivity (Wildman–Crippen MR) is 117 cm³/mol. The van der Waals surface area contributed by atoms with Crippen LogP contribution in [0, 0.1) is 11.8 Å². The fourth-order valence-electron chi connectivity index (χ4n) is 5.13. The van der Waals surface area contributed by atoms with E-state index in [9.17, 15) is 44.4 Å². The number of hydrogen-bond acceptors (Lipinski definition) is 9. The highest BCUT2D eigenvalue weighted by Crippen LogP contribution is 2.52. The van der Waals surface area contributed by atoms with Gasteiger partial charge in [0.2, 0.25) is 11.7 Å². The number of hydrogen-bond donors (Lipinski definition) is 7. The zero-order valence-electron chi connectivity index (χ0n) is 18.2. The van der Waals surface area contributed by atoms with E-state index in [1.807, 2.05) is 0 Å². The van der Waals surface area contributed by atoms with Gasteiger partial charge in [-0.05, 0) is 30.4 Å². The van der Waals surface area contributed by atoms with Gasteiger partial charge < -0.3 is 36.6 Å². The van der Waals surface area contributed by atoms with Gasteiger partial charge in [-0.1, -0.05) is 6.07 Å². The third kappa shape index (κ3) is 3.62. The summed E-state index contributed by atoms with van der Waals surface area (Å²) in [5.74, 6) is -9.25. The molecule has 12 nitrogen and oxygen atoms in total. The highest BCUT2D eigenvalue weighted by molar-refractivity contribution is 6.22.